The highest BCUT2D eigenvalue weighted by molar-refractivity contribution is 7.98. The van der Waals surface area contributed by atoms with Gasteiger partial charge in [-0.1, -0.05) is 13.0 Å². The van der Waals surface area contributed by atoms with E-state index in [0.29, 0.717) is 17.3 Å². The summed E-state index contributed by atoms with van der Waals surface area (Å²) in [7, 11) is 1.68. The van der Waals surface area contributed by atoms with Crippen LogP contribution in [0, 0.1) is 16.0 Å². The van der Waals surface area contributed by atoms with Crippen molar-refractivity contribution >= 4 is 28.8 Å². The van der Waals surface area contributed by atoms with Crippen LogP contribution in [0.1, 0.15) is 6.92 Å². The van der Waals surface area contributed by atoms with Gasteiger partial charge in [0.05, 0.1) is 4.92 Å². The van der Waals surface area contributed by atoms with Gasteiger partial charge in [-0.05, 0) is 30.1 Å². The maximum atomic E-state index is 11.1. The number of nitrogens with zero attached hydrogens (tertiary/aromatic N) is 1. The van der Waals surface area contributed by atoms with E-state index in [1.165, 1.54) is 0 Å². The van der Waals surface area contributed by atoms with Crippen LogP contribution in [0.4, 0.5) is 17.1 Å². The van der Waals surface area contributed by atoms with E-state index < -0.39 is 0 Å². The van der Waals surface area contributed by atoms with Crippen LogP contribution in [0.2, 0.25) is 0 Å². The predicted molar refractivity (Wildman–Crippen MR) is 78.7 cm³/mol. The zero-order chi connectivity index (χ0) is 13.5. The summed E-state index contributed by atoms with van der Waals surface area (Å²) in [6.45, 7) is 2.85. The second-order valence-electron chi connectivity index (χ2n) is 4.15. The second-order valence-corrected chi connectivity index (χ2v) is 5.06. The average Bonchev–Trinajstić information content (AvgIpc) is 2.35. The van der Waals surface area contributed by atoms with Gasteiger partial charge >= 0.3 is 5.69 Å². The summed E-state index contributed by atoms with van der Waals surface area (Å²) < 4.78 is 0. The van der Waals surface area contributed by atoms with Crippen LogP contribution in [0.15, 0.2) is 18.2 Å². The molecule has 0 aliphatic rings. The first kappa shape index (κ1) is 14.6. The van der Waals surface area contributed by atoms with Gasteiger partial charge in [0.15, 0.2) is 0 Å². The molecule has 0 radical (unpaired) electrons. The molecule has 0 aliphatic carbocycles. The van der Waals surface area contributed by atoms with Crippen molar-refractivity contribution < 1.29 is 4.92 Å². The number of nitro groups is 1. The van der Waals surface area contributed by atoms with Crippen LogP contribution in [0.25, 0.3) is 0 Å². The van der Waals surface area contributed by atoms with Crippen molar-refractivity contribution in [1.82, 2.24) is 0 Å². The molecule has 0 amide bonds. The number of hydrogen-bond acceptors (Lipinski definition) is 5. The minimum atomic E-state index is -0.354. The molecule has 0 bridgehead atoms. The van der Waals surface area contributed by atoms with Crippen molar-refractivity contribution in [3.8, 4) is 0 Å². The van der Waals surface area contributed by atoms with Crippen molar-refractivity contribution in [1.29, 1.82) is 0 Å². The molecule has 1 unspecified atom stereocenters. The van der Waals surface area contributed by atoms with Gasteiger partial charge in [0.25, 0.3) is 0 Å². The molecule has 6 heteroatoms. The highest BCUT2D eigenvalue weighted by Gasteiger charge is 2.18. The Morgan fingerprint density at radius 1 is 1.44 bits per heavy atom. The molecule has 0 spiro atoms. The van der Waals surface area contributed by atoms with Crippen LogP contribution in [-0.2, 0) is 0 Å². The molecule has 0 saturated heterocycles. The van der Waals surface area contributed by atoms with Crippen LogP contribution in [-0.4, -0.2) is 30.5 Å². The monoisotopic (exact) mass is 269 g/mol. The molecule has 1 aromatic rings. The Hall–Kier alpha value is -1.43. The normalized spacial score (nSPS) is 11.9. The van der Waals surface area contributed by atoms with Crippen molar-refractivity contribution in [3.63, 3.8) is 0 Å². The van der Waals surface area contributed by atoms with E-state index in [1.807, 2.05) is 0 Å². The Kier molecular flexibility index (Phi) is 5.77. The minimum absolute atomic E-state index is 0.108. The van der Waals surface area contributed by atoms with E-state index in [0.717, 1.165) is 12.3 Å². The smallest absolute Gasteiger partial charge is 0.315 e. The van der Waals surface area contributed by atoms with Gasteiger partial charge in [0.2, 0.25) is 0 Å². The summed E-state index contributed by atoms with van der Waals surface area (Å²) in [6.07, 6.45) is 2.06. The summed E-state index contributed by atoms with van der Waals surface area (Å²) in [6, 6.07) is 5.25. The average molecular weight is 269 g/mol. The molecular formula is C12H19N3O2S. The Balaban J connectivity index is 2.85. The van der Waals surface area contributed by atoms with E-state index in [2.05, 4.69) is 23.8 Å². The molecular weight excluding hydrogens is 250 g/mol. The molecule has 1 aromatic carbocycles. The summed E-state index contributed by atoms with van der Waals surface area (Å²) in [5.41, 5.74) is 1.21. The van der Waals surface area contributed by atoms with Crippen LogP contribution in [0.5, 0.6) is 0 Å². The zero-order valence-electron chi connectivity index (χ0n) is 10.9. The molecule has 0 aromatic heterocycles. The fourth-order valence-corrected chi connectivity index (χ4v) is 2.40. The maximum Gasteiger partial charge on any atom is 0.315 e. The van der Waals surface area contributed by atoms with Crippen molar-refractivity contribution in [3.05, 3.63) is 28.3 Å². The fourth-order valence-electron chi connectivity index (χ4n) is 1.71. The van der Waals surface area contributed by atoms with Crippen molar-refractivity contribution in [2.45, 2.75) is 6.92 Å². The molecule has 0 fully saturated rings. The molecule has 5 nitrogen and oxygen atoms in total. The van der Waals surface area contributed by atoms with E-state index in [-0.39, 0.29) is 10.6 Å². The van der Waals surface area contributed by atoms with Gasteiger partial charge in [-0.3, -0.25) is 10.1 Å². The predicted octanol–water partition coefficient (Wildman–Crippen LogP) is 3.05. The summed E-state index contributed by atoms with van der Waals surface area (Å²) in [5.74, 6) is 1.50. The van der Waals surface area contributed by atoms with Crippen LogP contribution >= 0.6 is 11.8 Å². The first-order valence-electron chi connectivity index (χ1n) is 5.78. The Bertz CT molecular complexity index is 412. The topological polar surface area (TPSA) is 67.2 Å². The lowest BCUT2D eigenvalue weighted by Crippen LogP contribution is -2.14. The first-order chi connectivity index (χ1) is 8.60. The van der Waals surface area contributed by atoms with E-state index in [1.54, 1.807) is 37.0 Å². The number of anilines is 2. The quantitative estimate of drug-likeness (QED) is 0.588. The maximum absolute atomic E-state index is 11.1. The highest BCUT2D eigenvalue weighted by atomic mass is 32.2. The Labute approximate surface area is 111 Å². The van der Waals surface area contributed by atoms with Crippen LogP contribution < -0.4 is 10.6 Å². The van der Waals surface area contributed by atoms with Crippen molar-refractivity contribution in [2.24, 2.45) is 5.92 Å². The van der Waals surface area contributed by atoms with E-state index in [4.69, 9.17) is 0 Å². The third-order valence-corrected chi connectivity index (χ3v) is 3.48. The Morgan fingerprint density at radius 2 is 2.11 bits per heavy atom. The molecule has 0 saturated carbocycles. The van der Waals surface area contributed by atoms with E-state index >= 15 is 0 Å². The molecule has 1 atom stereocenters. The van der Waals surface area contributed by atoms with Crippen LogP contribution in [0.3, 0.4) is 0 Å². The largest absolute Gasteiger partial charge is 0.382 e. The standard InChI is InChI=1S/C12H19N3O2S/c1-9(8-18-3)7-14-11-6-4-5-10(13-2)12(11)15(16)17/h4-6,9,13-14H,7-8H2,1-3H3. The lowest BCUT2D eigenvalue weighted by molar-refractivity contribution is -0.383. The molecule has 0 heterocycles. The Morgan fingerprint density at radius 3 is 2.67 bits per heavy atom. The van der Waals surface area contributed by atoms with Crippen molar-refractivity contribution in [2.75, 3.05) is 36.2 Å². The number of rotatable bonds is 7. The summed E-state index contributed by atoms with van der Waals surface area (Å²) in [4.78, 5) is 10.7. The molecule has 100 valence electrons. The third kappa shape index (κ3) is 3.80. The van der Waals surface area contributed by atoms with Gasteiger partial charge in [0.1, 0.15) is 11.4 Å². The van der Waals surface area contributed by atoms with Gasteiger partial charge in [-0.15, -0.1) is 0 Å². The summed E-state index contributed by atoms with van der Waals surface area (Å²) >= 11 is 1.78. The van der Waals surface area contributed by atoms with Gasteiger partial charge < -0.3 is 10.6 Å². The van der Waals surface area contributed by atoms with Gasteiger partial charge in [-0.25, -0.2) is 0 Å². The number of nitro benzene ring substituents is 1. The number of hydrogen-bond donors (Lipinski definition) is 2. The molecule has 0 aliphatic heterocycles. The summed E-state index contributed by atoms with van der Waals surface area (Å²) in [5, 5.41) is 17.1. The number of benzene rings is 1. The van der Waals surface area contributed by atoms with Gasteiger partial charge in [-0.2, -0.15) is 11.8 Å². The number of para-hydroxylation sites is 1. The lowest BCUT2D eigenvalue weighted by Gasteiger charge is -2.13. The number of nitrogens with one attached hydrogen (secondary N) is 2. The van der Waals surface area contributed by atoms with Gasteiger partial charge in [0, 0.05) is 13.6 Å². The third-order valence-electron chi connectivity index (χ3n) is 2.58. The molecule has 2 N–H and O–H groups in total. The van der Waals surface area contributed by atoms with E-state index in [9.17, 15) is 10.1 Å². The molecule has 18 heavy (non-hydrogen) atoms. The second kappa shape index (κ2) is 7.10. The first-order valence-corrected chi connectivity index (χ1v) is 7.17. The zero-order valence-corrected chi connectivity index (χ0v) is 11.7. The highest BCUT2D eigenvalue weighted by Crippen LogP contribution is 2.32. The minimum Gasteiger partial charge on any atom is -0.382 e. The SMILES string of the molecule is CNc1cccc(NCC(C)CSC)c1[N+](=O)[O-]. The number of thioether (sulfide) groups is 1. The lowest BCUT2D eigenvalue weighted by atomic mass is 10.2. The molecule has 1 rings (SSSR count). The fraction of sp³-hybridized carbons (Fsp3) is 0.500.